The molecule has 0 spiro atoms. The van der Waals surface area contributed by atoms with Crippen LogP contribution >= 0.6 is 23.2 Å². The van der Waals surface area contributed by atoms with Gasteiger partial charge in [-0.05, 0) is 48.5 Å². The lowest BCUT2D eigenvalue weighted by Crippen LogP contribution is -2.12. The monoisotopic (exact) mass is 456 g/mol. The van der Waals surface area contributed by atoms with Crippen LogP contribution < -0.4 is 9.46 Å². The second-order valence-corrected chi connectivity index (χ2v) is 8.15. The molecule has 150 valence electrons. The highest BCUT2D eigenvalue weighted by Gasteiger charge is 2.20. The number of nitro groups is 1. The molecule has 0 fully saturated rings. The summed E-state index contributed by atoms with van der Waals surface area (Å²) >= 11 is 11.6. The molecule has 7 nitrogen and oxygen atoms in total. The van der Waals surface area contributed by atoms with E-state index in [1.807, 2.05) is 0 Å². The zero-order valence-electron chi connectivity index (χ0n) is 14.3. The zero-order valence-corrected chi connectivity index (χ0v) is 16.6. The average Bonchev–Trinajstić information content (AvgIpc) is 2.66. The van der Waals surface area contributed by atoms with Crippen molar-refractivity contribution in [3.8, 4) is 11.5 Å². The van der Waals surface area contributed by atoms with Gasteiger partial charge in [0.15, 0.2) is 0 Å². The molecule has 0 aromatic heterocycles. The highest BCUT2D eigenvalue weighted by molar-refractivity contribution is 7.92. The minimum absolute atomic E-state index is 0.0331. The number of hydrogen-bond acceptors (Lipinski definition) is 5. The van der Waals surface area contributed by atoms with Crippen LogP contribution in [0.1, 0.15) is 0 Å². The van der Waals surface area contributed by atoms with Gasteiger partial charge in [0, 0.05) is 6.07 Å². The van der Waals surface area contributed by atoms with Crippen molar-refractivity contribution in [2.24, 2.45) is 0 Å². The number of halogens is 3. The number of anilines is 1. The molecular formula is C18H11Cl2FN2O5S. The number of ether oxygens (including phenoxy) is 1. The Labute approximate surface area is 174 Å². The number of para-hydroxylation sites is 1. The summed E-state index contributed by atoms with van der Waals surface area (Å²) in [5, 5.41) is 10.9. The first-order valence-corrected chi connectivity index (χ1v) is 10.1. The Kier molecular flexibility index (Phi) is 5.92. The molecule has 0 radical (unpaired) electrons. The Morgan fingerprint density at radius 3 is 2.31 bits per heavy atom. The van der Waals surface area contributed by atoms with Crippen molar-refractivity contribution in [1.82, 2.24) is 0 Å². The third-order valence-electron chi connectivity index (χ3n) is 3.67. The maximum atomic E-state index is 13.2. The Morgan fingerprint density at radius 2 is 1.69 bits per heavy atom. The van der Waals surface area contributed by atoms with Gasteiger partial charge < -0.3 is 4.74 Å². The van der Waals surface area contributed by atoms with Crippen molar-refractivity contribution >= 4 is 44.6 Å². The third kappa shape index (κ3) is 4.76. The second-order valence-electron chi connectivity index (χ2n) is 5.65. The van der Waals surface area contributed by atoms with Gasteiger partial charge in [-0.25, -0.2) is 12.8 Å². The fraction of sp³-hybridized carbons (Fsp3) is 0. The van der Waals surface area contributed by atoms with Crippen LogP contribution in [0.3, 0.4) is 0 Å². The van der Waals surface area contributed by atoms with E-state index >= 15 is 0 Å². The molecule has 3 rings (SSSR count). The normalized spacial score (nSPS) is 11.1. The summed E-state index contributed by atoms with van der Waals surface area (Å²) in [6.45, 7) is 0. The lowest BCUT2D eigenvalue weighted by Gasteiger charge is -2.11. The molecule has 1 N–H and O–H groups in total. The Bertz CT molecular complexity index is 1190. The van der Waals surface area contributed by atoms with Gasteiger partial charge in [0.05, 0.1) is 25.6 Å². The first-order chi connectivity index (χ1) is 13.7. The smallest absolute Gasteiger partial charge is 0.313 e. The molecule has 0 saturated carbocycles. The standard InChI is InChI=1S/C18H11Cl2FN2O5S/c19-14-2-1-3-17(23(24)25)18(14)28-12-5-7-13(8-6-12)29(26,27)22-11-4-9-16(21)15(20)10-11/h1-10,22H. The van der Waals surface area contributed by atoms with Crippen LogP contribution in [0.25, 0.3) is 0 Å². The molecule has 3 aromatic carbocycles. The minimum atomic E-state index is -3.98. The van der Waals surface area contributed by atoms with E-state index in [2.05, 4.69) is 4.72 Å². The van der Waals surface area contributed by atoms with E-state index in [1.165, 1.54) is 48.5 Å². The first kappa shape index (κ1) is 20.8. The summed E-state index contributed by atoms with van der Waals surface area (Å²) in [5.41, 5.74) is -0.243. The van der Waals surface area contributed by atoms with Gasteiger partial charge in [0.25, 0.3) is 10.0 Å². The lowest BCUT2D eigenvalue weighted by molar-refractivity contribution is -0.385. The fourth-order valence-corrected chi connectivity index (χ4v) is 3.76. The predicted molar refractivity (Wildman–Crippen MR) is 107 cm³/mol. The quantitative estimate of drug-likeness (QED) is 0.382. The van der Waals surface area contributed by atoms with E-state index in [4.69, 9.17) is 27.9 Å². The van der Waals surface area contributed by atoms with E-state index in [9.17, 15) is 22.9 Å². The topological polar surface area (TPSA) is 98.5 Å². The number of hydrogen-bond donors (Lipinski definition) is 1. The zero-order chi connectivity index (χ0) is 21.2. The molecule has 0 bridgehead atoms. The molecule has 0 aliphatic rings. The molecule has 0 heterocycles. The molecule has 0 aliphatic carbocycles. The predicted octanol–water partition coefficient (Wildman–Crippen LogP) is 5.63. The summed E-state index contributed by atoms with van der Waals surface area (Å²) in [6, 6.07) is 12.6. The molecule has 3 aromatic rings. The van der Waals surface area contributed by atoms with E-state index < -0.39 is 20.8 Å². The Morgan fingerprint density at radius 1 is 1.00 bits per heavy atom. The van der Waals surface area contributed by atoms with Crippen LogP contribution in [-0.2, 0) is 10.0 Å². The maximum absolute atomic E-state index is 13.2. The van der Waals surface area contributed by atoms with Gasteiger partial charge in [-0.2, -0.15) is 0 Å². The number of nitrogens with one attached hydrogen (secondary N) is 1. The fourth-order valence-electron chi connectivity index (χ4n) is 2.32. The van der Waals surface area contributed by atoms with E-state index in [0.29, 0.717) is 0 Å². The largest absolute Gasteiger partial charge is 0.449 e. The molecule has 29 heavy (non-hydrogen) atoms. The molecule has 0 aliphatic heterocycles. The number of nitrogens with zero attached hydrogens (tertiary/aromatic N) is 1. The van der Waals surface area contributed by atoms with Crippen molar-refractivity contribution in [2.45, 2.75) is 4.90 Å². The van der Waals surface area contributed by atoms with Crippen LogP contribution in [0.4, 0.5) is 15.8 Å². The maximum Gasteiger partial charge on any atom is 0.313 e. The van der Waals surface area contributed by atoms with Crippen LogP contribution in [0.15, 0.2) is 65.6 Å². The van der Waals surface area contributed by atoms with E-state index in [-0.39, 0.29) is 37.8 Å². The summed E-state index contributed by atoms with van der Waals surface area (Å²) in [6.07, 6.45) is 0. The average molecular weight is 457 g/mol. The molecular weight excluding hydrogens is 446 g/mol. The van der Waals surface area contributed by atoms with Crippen LogP contribution in [0.5, 0.6) is 11.5 Å². The Hall–Kier alpha value is -2.88. The minimum Gasteiger partial charge on any atom is -0.449 e. The molecule has 0 atom stereocenters. The summed E-state index contributed by atoms with van der Waals surface area (Å²) < 4.78 is 45.9. The molecule has 0 saturated heterocycles. The van der Waals surface area contributed by atoms with Crippen LogP contribution in [0.2, 0.25) is 10.0 Å². The SMILES string of the molecule is O=[N+]([O-])c1cccc(Cl)c1Oc1ccc(S(=O)(=O)Nc2ccc(F)c(Cl)c2)cc1. The summed E-state index contributed by atoms with van der Waals surface area (Å²) in [7, 11) is -3.98. The number of nitro benzene ring substituents is 1. The molecule has 0 amide bonds. The summed E-state index contributed by atoms with van der Waals surface area (Å²) in [5.74, 6) is -0.691. The van der Waals surface area contributed by atoms with Gasteiger partial charge in [-0.15, -0.1) is 0 Å². The first-order valence-electron chi connectivity index (χ1n) is 7.86. The van der Waals surface area contributed by atoms with E-state index in [1.54, 1.807) is 0 Å². The van der Waals surface area contributed by atoms with Gasteiger partial charge >= 0.3 is 5.69 Å². The van der Waals surface area contributed by atoms with Crippen molar-refractivity contribution in [2.75, 3.05) is 4.72 Å². The Balaban J connectivity index is 1.83. The lowest BCUT2D eigenvalue weighted by atomic mass is 10.3. The van der Waals surface area contributed by atoms with Gasteiger partial charge in [0.1, 0.15) is 11.6 Å². The van der Waals surface area contributed by atoms with Crippen molar-refractivity contribution in [3.05, 3.63) is 86.6 Å². The number of sulfonamides is 1. The van der Waals surface area contributed by atoms with Crippen LogP contribution in [-0.4, -0.2) is 13.3 Å². The van der Waals surface area contributed by atoms with Crippen molar-refractivity contribution in [1.29, 1.82) is 0 Å². The number of benzene rings is 3. The second kappa shape index (κ2) is 8.24. The van der Waals surface area contributed by atoms with Crippen molar-refractivity contribution < 1.29 is 22.5 Å². The van der Waals surface area contributed by atoms with Gasteiger partial charge in [-0.3, -0.25) is 14.8 Å². The highest BCUT2D eigenvalue weighted by Crippen LogP contribution is 2.38. The van der Waals surface area contributed by atoms with Crippen LogP contribution in [0, 0.1) is 15.9 Å². The van der Waals surface area contributed by atoms with Crippen molar-refractivity contribution in [3.63, 3.8) is 0 Å². The molecule has 0 unspecified atom stereocenters. The van der Waals surface area contributed by atoms with E-state index in [0.717, 1.165) is 12.1 Å². The third-order valence-corrected chi connectivity index (χ3v) is 5.65. The molecule has 11 heteroatoms. The number of rotatable bonds is 6. The summed E-state index contributed by atoms with van der Waals surface area (Å²) in [4.78, 5) is 10.4. The van der Waals surface area contributed by atoms with Gasteiger partial charge in [0.2, 0.25) is 5.75 Å². The highest BCUT2D eigenvalue weighted by atomic mass is 35.5. The van der Waals surface area contributed by atoms with Gasteiger partial charge in [-0.1, -0.05) is 29.3 Å².